The van der Waals surface area contributed by atoms with Crippen molar-refractivity contribution < 1.29 is 14.7 Å². The quantitative estimate of drug-likeness (QED) is 0.305. The van der Waals surface area contributed by atoms with Gasteiger partial charge in [-0.3, -0.25) is 4.79 Å². The highest BCUT2D eigenvalue weighted by molar-refractivity contribution is 5.90. The summed E-state index contributed by atoms with van der Waals surface area (Å²) in [5.41, 5.74) is 6.68. The first-order valence-electron chi connectivity index (χ1n) is 7.03. The van der Waals surface area contributed by atoms with Crippen molar-refractivity contribution in [2.75, 3.05) is 7.11 Å². The zero-order valence-electron chi connectivity index (χ0n) is 12.1. The van der Waals surface area contributed by atoms with Gasteiger partial charge < -0.3 is 21.0 Å². The molecule has 1 atom stereocenters. The number of nitrogens with zero attached hydrogens (tertiary/aromatic N) is 1. The Labute approximate surface area is 124 Å². The molecule has 1 fully saturated rings. The van der Waals surface area contributed by atoms with Crippen molar-refractivity contribution in [3.8, 4) is 5.75 Å². The van der Waals surface area contributed by atoms with Crippen LogP contribution in [0.2, 0.25) is 0 Å². The Balaban J connectivity index is 1.83. The molecule has 1 aromatic carbocycles. The highest BCUT2D eigenvalue weighted by Gasteiger charge is 2.35. The molecule has 114 valence electrons. The fourth-order valence-corrected chi connectivity index (χ4v) is 2.22. The standard InChI is InChI=1S/C15H21N3O3/c1-21-12-7-2-10(3-8-12)4-9-13(19)17-14(11-5-6-11)15(16)18-20/h2-3,7-8,11,14,20H,4-6,9H2,1H3,(H2,16,18)(H,17,19). The number of benzene rings is 1. The van der Waals surface area contributed by atoms with Crippen molar-refractivity contribution in [2.24, 2.45) is 16.8 Å². The van der Waals surface area contributed by atoms with Gasteiger partial charge in [0, 0.05) is 6.42 Å². The molecule has 2 rings (SSSR count). The summed E-state index contributed by atoms with van der Waals surface area (Å²) in [6.07, 6.45) is 3.01. The van der Waals surface area contributed by atoms with Crippen LogP contribution >= 0.6 is 0 Å². The van der Waals surface area contributed by atoms with Gasteiger partial charge in [0.05, 0.1) is 13.2 Å². The number of amidine groups is 1. The summed E-state index contributed by atoms with van der Waals surface area (Å²) < 4.78 is 5.09. The fourth-order valence-electron chi connectivity index (χ4n) is 2.22. The van der Waals surface area contributed by atoms with Gasteiger partial charge in [0.15, 0.2) is 5.84 Å². The number of rotatable bonds is 7. The van der Waals surface area contributed by atoms with Crippen molar-refractivity contribution in [1.29, 1.82) is 0 Å². The molecule has 6 nitrogen and oxygen atoms in total. The molecule has 1 amide bonds. The van der Waals surface area contributed by atoms with Crippen LogP contribution in [0.1, 0.15) is 24.8 Å². The van der Waals surface area contributed by atoms with Gasteiger partial charge in [0.25, 0.3) is 0 Å². The molecule has 6 heteroatoms. The van der Waals surface area contributed by atoms with Crippen molar-refractivity contribution in [1.82, 2.24) is 5.32 Å². The highest BCUT2D eigenvalue weighted by Crippen LogP contribution is 2.32. The number of amides is 1. The van der Waals surface area contributed by atoms with Gasteiger partial charge >= 0.3 is 0 Å². The highest BCUT2D eigenvalue weighted by atomic mass is 16.5. The van der Waals surface area contributed by atoms with Gasteiger partial charge in [-0.15, -0.1) is 0 Å². The lowest BCUT2D eigenvalue weighted by Gasteiger charge is -2.16. The first-order chi connectivity index (χ1) is 10.1. The predicted octanol–water partition coefficient (Wildman–Crippen LogP) is 1.27. The molecule has 1 unspecified atom stereocenters. The zero-order chi connectivity index (χ0) is 15.2. The normalized spacial score (nSPS) is 16.3. The van der Waals surface area contributed by atoms with E-state index in [-0.39, 0.29) is 17.8 Å². The maximum Gasteiger partial charge on any atom is 0.220 e. The Morgan fingerprint density at radius 3 is 2.67 bits per heavy atom. The Kier molecular flexibility index (Phi) is 5.03. The average molecular weight is 291 g/mol. The van der Waals surface area contributed by atoms with Crippen molar-refractivity contribution >= 4 is 11.7 Å². The summed E-state index contributed by atoms with van der Waals surface area (Å²) in [6, 6.07) is 7.27. The van der Waals surface area contributed by atoms with Gasteiger partial charge in [0.2, 0.25) is 5.91 Å². The topological polar surface area (TPSA) is 96.9 Å². The largest absolute Gasteiger partial charge is 0.497 e. The number of methoxy groups -OCH3 is 1. The molecular formula is C15H21N3O3. The number of hydrogen-bond donors (Lipinski definition) is 3. The van der Waals surface area contributed by atoms with E-state index in [0.29, 0.717) is 18.8 Å². The number of ether oxygens (including phenoxy) is 1. The molecule has 1 aliphatic rings. The van der Waals surface area contributed by atoms with Crippen LogP contribution in [0.5, 0.6) is 5.75 Å². The van der Waals surface area contributed by atoms with Crippen LogP contribution in [0.25, 0.3) is 0 Å². The van der Waals surface area contributed by atoms with Crippen LogP contribution in [0.3, 0.4) is 0 Å². The molecule has 21 heavy (non-hydrogen) atoms. The predicted molar refractivity (Wildman–Crippen MR) is 79.4 cm³/mol. The molecule has 0 saturated heterocycles. The Morgan fingerprint density at radius 1 is 1.48 bits per heavy atom. The van der Waals surface area contributed by atoms with Crippen molar-refractivity contribution in [3.63, 3.8) is 0 Å². The van der Waals surface area contributed by atoms with E-state index in [1.54, 1.807) is 7.11 Å². The monoisotopic (exact) mass is 291 g/mol. The molecule has 0 radical (unpaired) electrons. The maximum absolute atomic E-state index is 12.0. The average Bonchev–Trinajstić information content (AvgIpc) is 3.35. The summed E-state index contributed by atoms with van der Waals surface area (Å²) in [7, 11) is 1.62. The Bertz CT molecular complexity index is 509. The zero-order valence-corrected chi connectivity index (χ0v) is 12.1. The molecule has 4 N–H and O–H groups in total. The first kappa shape index (κ1) is 15.2. The van der Waals surface area contributed by atoms with Crippen LogP contribution < -0.4 is 15.8 Å². The Morgan fingerprint density at radius 2 is 2.14 bits per heavy atom. The minimum Gasteiger partial charge on any atom is -0.497 e. The SMILES string of the molecule is COc1ccc(CCC(=O)NC(C(N)=NO)C2CC2)cc1. The second-order valence-corrected chi connectivity index (χ2v) is 5.26. The van der Waals surface area contributed by atoms with Crippen LogP contribution in [0, 0.1) is 5.92 Å². The van der Waals surface area contributed by atoms with Gasteiger partial charge in [-0.1, -0.05) is 17.3 Å². The lowest BCUT2D eigenvalue weighted by atomic mass is 10.1. The minimum absolute atomic E-state index is 0.0790. The third kappa shape index (κ3) is 4.37. The number of aryl methyl sites for hydroxylation is 1. The molecule has 0 heterocycles. The molecule has 1 aromatic rings. The molecule has 1 aliphatic carbocycles. The van der Waals surface area contributed by atoms with E-state index in [1.165, 1.54) is 0 Å². The molecule has 0 aromatic heterocycles. The van der Waals surface area contributed by atoms with E-state index in [4.69, 9.17) is 15.7 Å². The number of carbonyl (C=O) groups excluding carboxylic acids is 1. The summed E-state index contributed by atoms with van der Waals surface area (Å²) in [5, 5.41) is 14.6. The van der Waals surface area contributed by atoms with Gasteiger partial charge in [0.1, 0.15) is 5.75 Å². The molecule has 0 spiro atoms. The first-order valence-corrected chi connectivity index (χ1v) is 7.03. The third-order valence-corrected chi connectivity index (χ3v) is 3.64. The van der Waals surface area contributed by atoms with Gasteiger partial charge in [-0.25, -0.2) is 0 Å². The lowest BCUT2D eigenvalue weighted by molar-refractivity contribution is -0.121. The summed E-state index contributed by atoms with van der Waals surface area (Å²) >= 11 is 0. The summed E-state index contributed by atoms with van der Waals surface area (Å²) in [6.45, 7) is 0. The maximum atomic E-state index is 12.0. The number of hydrogen-bond acceptors (Lipinski definition) is 4. The van der Waals surface area contributed by atoms with Crippen LogP contribution in [0.4, 0.5) is 0 Å². The molecule has 1 saturated carbocycles. The summed E-state index contributed by atoms with van der Waals surface area (Å²) in [5.74, 6) is 1.08. The van der Waals surface area contributed by atoms with Crippen LogP contribution in [-0.2, 0) is 11.2 Å². The lowest BCUT2D eigenvalue weighted by Crippen LogP contribution is -2.46. The number of oxime groups is 1. The van der Waals surface area contributed by atoms with Gasteiger partial charge in [-0.2, -0.15) is 0 Å². The number of nitrogens with one attached hydrogen (secondary N) is 1. The summed E-state index contributed by atoms with van der Waals surface area (Å²) in [4.78, 5) is 12.0. The van der Waals surface area contributed by atoms with Gasteiger partial charge in [-0.05, 0) is 42.9 Å². The number of carbonyl (C=O) groups is 1. The van der Waals surface area contributed by atoms with E-state index < -0.39 is 0 Å². The Hall–Kier alpha value is -2.24. The van der Waals surface area contributed by atoms with Crippen molar-refractivity contribution in [3.05, 3.63) is 29.8 Å². The van der Waals surface area contributed by atoms with Crippen molar-refractivity contribution in [2.45, 2.75) is 31.7 Å². The van der Waals surface area contributed by atoms with Crippen LogP contribution in [0.15, 0.2) is 29.4 Å². The molecule has 0 aliphatic heterocycles. The van der Waals surface area contributed by atoms with E-state index in [9.17, 15) is 4.79 Å². The fraction of sp³-hybridized carbons (Fsp3) is 0.467. The van der Waals surface area contributed by atoms with E-state index in [0.717, 1.165) is 24.2 Å². The molecular weight excluding hydrogens is 270 g/mol. The minimum atomic E-state index is -0.349. The second-order valence-electron chi connectivity index (χ2n) is 5.26. The van der Waals surface area contributed by atoms with E-state index in [1.807, 2.05) is 24.3 Å². The van der Waals surface area contributed by atoms with E-state index in [2.05, 4.69) is 10.5 Å². The third-order valence-electron chi connectivity index (χ3n) is 3.64. The van der Waals surface area contributed by atoms with E-state index >= 15 is 0 Å². The molecule has 0 bridgehead atoms. The number of nitrogens with two attached hydrogens (primary N) is 1. The second kappa shape index (κ2) is 6.97. The van der Waals surface area contributed by atoms with Crippen LogP contribution in [-0.4, -0.2) is 30.1 Å². The smallest absolute Gasteiger partial charge is 0.220 e.